The lowest BCUT2D eigenvalue weighted by Crippen LogP contribution is -2.20. The van der Waals surface area contributed by atoms with Crippen LogP contribution in [0.4, 0.5) is 5.69 Å². The van der Waals surface area contributed by atoms with Gasteiger partial charge in [-0.2, -0.15) is 13.5 Å². The maximum absolute atomic E-state index is 11.4. The molecule has 1 heterocycles. The minimum absolute atomic E-state index is 0.100. The minimum atomic E-state index is -4.53. The first kappa shape index (κ1) is 13.3. The first-order valence-corrected chi connectivity index (χ1v) is 6.82. The van der Waals surface area contributed by atoms with E-state index in [1.165, 1.54) is 12.3 Å². The monoisotopic (exact) mass is 308 g/mol. The van der Waals surface area contributed by atoms with Crippen molar-refractivity contribution in [2.75, 3.05) is 5.01 Å². The summed E-state index contributed by atoms with van der Waals surface area (Å²) in [5.41, 5.74) is 0.121. The van der Waals surface area contributed by atoms with Crippen LogP contribution < -0.4 is 5.01 Å². The van der Waals surface area contributed by atoms with E-state index in [2.05, 4.69) is 5.10 Å². The molecular weight excluding hydrogens is 303 g/mol. The number of amides is 1. The Bertz CT molecular complexity index is 657. The summed E-state index contributed by atoms with van der Waals surface area (Å²) in [5.74, 6) is -0.338. The highest BCUT2D eigenvalue weighted by atomic mass is 35.5. The number of rotatable bonds is 2. The van der Waals surface area contributed by atoms with Gasteiger partial charge in [0.2, 0.25) is 0 Å². The summed E-state index contributed by atoms with van der Waals surface area (Å²) in [6, 6.07) is 2.32. The van der Waals surface area contributed by atoms with Gasteiger partial charge in [0.05, 0.1) is 22.2 Å². The molecule has 2 rings (SSSR count). The van der Waals surface area contributed by atoms with E-state index < -0.39 is 15.0 Å². The second kappa shape index (κ2) is 4.51. The normalized spacial score (nSPS) is 15.5. The summed E-state index contributed by atoms with van der Waals surface area (Å²) in [4.78, 5) is 10.9. The number of halogens is 2. The lowest BCUT2D eigenvalue weighted by atomic mass is 10.3. The number of hydrogen-bond donors (Lipinski definition) is 1. The molecule has 0 aliphatic carbocycles. The number of nitrogens with zero attached hydrogens (tertiary/aromatic N) is 2. The van der Waals surface area contributed by atoms with E-state index in [0.29, 0.717) is 0 Å². The predicted molar refractivity (Wildman–Crippen MR) is 66.9 cm³/mol. The maximum atomic E-state index is 11.4. The molecule has 1 aromatic rings. The quantitative estimate of drug-likeness (QED) is 0.846. The summed E-state index contributed by atoms with van der Waals surface area (Å²) >= 11 is 11.4. The van der Waals surface area contributed by atoms with Gasteiger partial charge in [-0.15, -0.1) is 0 Å². The number of hydrazone groups is 1. The fraction of sp³-hybridized carbons (Fsp3) is 0.111. The summed E-state index contributed by atoms with van der Waals surface area (Å²) < 4.78 is 31.3. The number of carbonyl (C=O) groups excluding carboxylic acids is 1. The molecule has 0 saturated carbocycles. The van der Waals surface area contributed by atoms with Gasteiger partial charge >= 0.3 is 0 Å². The van der Waals surface area contributed by atoms with Gasteiger partial charge in [-0.3, -0.25) is 9.35 Å². The first-order valence-electron chi connectivity index (χ1n) is 4.62. The Morgan fingerprint density at radius 2 is 2.00 bits per heavy atom. The van der Waals surface area contributed by atoms with Crippen molar-refractivity contribution in [1.82, 2.24) is 0 Å². The van der Waals surface area contributed by atoms with Gasteiger partial charge in [0, 0.05) is 6.21 Å². The van der Waals surface area contributed by atoms with Crippen LogP contribution in [-0.4, -0.2) is 25.1 Å². The lowest BCUT2D eigenvalue weighted by molar-refractivity contribution is -0.116. The zero-order valence-corrected chi connectivity index (χ0v) is 11.0. The fourth-order valence-electron chi connectivity index (χ4n) is 1.42. The number of benzene rings is 1. The molecule has 1 aliphatic rings. The molecule has 0 spiro atoms. The van der Waals surface area contributed by atoms with Crippen molar-refractivity contribution in [2.45, 2.75) is 11.3 Å². The Kier molecular flexibility index (Phi) is 3.33. The fourth-order valence-corrected chi connectivity index (χ4v) is 2.70. The second-order valence-corrected chi connectivity index (χ2v) is 5.60. The van der Waals surface area contributed by atoms with E-state index in [9.17, 15) is 13.2 Å². The van der Waals surface area contributed by atoms with Gasteiger partial charge in [-0.05, 0) is 12.1 Å². The molecule has 1 aliphatic heterocycles. The van der Waals surface area contributed by atoms with Crippen LogP contribution in [0.25, 0.3) is 0 Å². The van der Waals surface area contributed by atoms with Crippen LogP contribution in [0.2, 0.25) is 10.0 Å². The smallest absolute Gasteiger partial charge is 0.282 e. The Hall–Kier alpha value is -1.15. The van der Waals surface area contributed by atoms with Crippen LogP contribution in [-0.2, 0) is 14.9 Å². The van der Waals surface area contributed by atoms with Crippen molar-refractivity contribution < 1.29 is 17.8 Å². The molecular formula is C9H6Cl2N2O4S. The van der Waals surface area contributed by atoms with Crippen molar-refractivity contribution in [2.24, 2.45) is 5.10 Å². The lowest BCUT2D eigenvalue weighted by Gasteiger charge is -2.14. The van der Waals surface area contributed by atoms with E-state index >= 15 is 0 Å². The van der Waals surface area contributed by atoms with Crippen molar-refractivity contribution in [3.05, 3.63) is 22.2 Å². The van der Waals surface area contributed by atoms with Crippen LogP contribution in [0, 0.1) is 0 Å². The van der Waals surface area contributed by atoms with Crippen molar-refractivity contribution in [3.8, 4) is 0 Å². The third-order valence-corrected chi connectivity index (χ3v) is 3.99. The number of carbonyl (C=O) groups is 1. The molecule has 0 radical (unpaired) electrons. The van der Waals surface area contributed by atoms with Gasteiger partial charge < -0.3 is 0 Å². The molecule has 18 heavy (non-hydrogen) atoms. The molecule has 1 N–H and O–H groups in total. The maximum Gasteiger partial charge on any atom is 0.296 e. The van der Waals surface area contributed by atoms with E-state index in [1.54, 1.807) is 0 Å². The molecule has 9 heteroatoms. The van der Waals surface area contributed by atoms with Gasteiger partial charge in [-0.25, -0.2) is 5.01 Å². The minimum Gasteiger partial charge on any atom is -0.282 e. The largest absolute Gasteiger partial charge is 0.296 e. The molecule has 0 saturated heterocycles. The predicted octanol–water partition coefficient (Wildman–Crippen LogP) is 1.96. The molecule has 1 aromatic carbocycles. The summed E-state index contributed by atoms with van der Waals surface area (Å²) in [6.45, 7) is 0. The average molecular weight is 309 g/mol. The third kappa shape index (κ3) is 2.35. The molecule has 1 amide bonds. The number of hydrogen-bond acceptors (Lipinski definition) is 4. The van der Waals surface area contributed by atoms with E-state index in [1.807, 2.05) is 0 Å². The second-order valence-electron chi connectivity index (χ2n) is 3.42. The van der Waals surface area contributed by atoms with Crippen molar-refractivity contribution in [3.63, 3.8) is 0 Å². The molecule has 0 fully saturated rings. The van der Waals surface area contributed by atoms with E-state index in [4.69, 9.17) is 27.8 Å². The molecule has 0 atom stereocenters. The van der Waals surface area contributed by atoms with Crippen LogP contribution in [0.3, 0.4) is 0 Å². The summed E-state index contributed by atoms with van der Waals surface area (Å²) in [5, 5.41) is 4.34. The highest BCUT2D eigenvalue weighted by molar-refractivity contribution is 7.86. The van der Waals surface area contributed by atoms with Crippen LogP contribution in [0.15, 0.2) is 22.1 Å². The SMILES string of the molecule is O=C1CC=NN1c1cc(Cl)c(Cl)c(S(=O)(=O)O)c1. The molecule has 0 aromatic heterocycles. The highest BCUT2D eigenvalue weighted by Crippen LogP contribution is 2.34. The van der Waals surface area contributed by atoms with Crippen LogP contribution in [0.5, 0.6) is 0 Å². The van der Waals surface area contributed by atoms with E-state index in [-0.39, 0.29) is 28.1 Å². The average Bonchev–Trinajstić information content (AvgIpc) is 2.66. The Morgan fingerprint density at radius 3 is 2.50 bits per heavy atom. The molecule has 0 bridgehead atoms. The Balaban J connectivity index is 2.62. The van der Waals surface area contributed by atoms with Crippen molar-refractivity contribution in [1.29, 1.82) is 0 Å². The van der Waals surface area contributed by atoms with Gasteiger partial charge in [-0.1, -0.05) is 23.2 Å². The zero-order valence-electron chi connectivity index (χ0n) is 8.67. The third-order valence-electron chi connectivity index (χ3n) is 2.20. The highest BCUT2D eigenvalue weighted by Gasteiger charge is 2.24. The summed E-state index contributed by atoms with van der Waals surface area (Å²) in [7, 11) is -4.53. The topological polar surface area (TPSA) is 87.0 Å². The van der Waals surface area contributed by atoms with Crippen LogP contribution >= 0.6 is 23.2 Å². The summed E-state index contributed by atoms with van der Waals surface area (Å²) in [6.07, 6.45) is 1.49. The molecule has 6 nitrogen and oxygen atoms in total. The van der Waals surface area contributed by atoms with Gasteiger partial charge in [0.15, 0.2) is 0 Å². The van der Waals surface area contributed by atoms with E-state index in [0.717, 1.165) is 11.1 Å². The molecule has 96 valence electrons. The molecule has 0 unspecified atom stereocenters. The Labute approximate surface area is 113 Å². The van der Waals surface area contributed by atoms with Crippen molar-refractivity contribution >= 4 is 51.1 Å². The first-order chi connectivity index (χ1) is 8.30. The van der Waals surface area contributed by atoms with Gasteiger partial charge in [0.1, 0.15) is 4.90 Å². The zero-order chi connectivity index (χ0) is 13.5. The van der Waals surface area contributed by atoms with Gasteiger partial charge in [0.25, 0.3) is 16.0 Å². The van der Waals surface area contributed by atoms with Crippen LogP contribution in [0.1, 0.15) is 6.42 Å². The number of anilines is 1. The Morgan fingerprint density at radius 1 is 1.33 bits per heavy atom. The standard InChI is InChI=1S/C9H6Cl2N2O4S/c10-6-3-5(13-8(14)1-2-12-13)4-7(9(6)11)18(15,16)17/h2-4H,1H2,(H,15,16,17).